The average Bonchev–Trinajstić information content (AvgIpc) is 2.81. The largest absolute Gasteiger partial charge is 0.370 e. The second-order valence-corrected chi connectivity index (χ2v) is 8.14. The Bertz CT molecular complexity index is 655. The number of hydrogen-bond donors (Lipinski definition) is 3. The van der Waals surface area contributed by atoms with Crippen LogP contribution in [-0.2, 0) is 10.0 Å². The first-order valence-corrected chi connectivity index (χ1v) is 9.89. The van der Waals surface area contributed by atoms with Crippen molar-refractivity contribution in [3.05, 3.63) is 24.3 Å². The fourth-order valence-electron chi connectivity index (χ4n) is 2.69. The van der Waals surface area contributed by atoms with Gasteiger partial charge in [-0.25, -0.2) is 18.4 Å². The predicted octanol–water partition coefficient (Wildman–Crippen LogP) is 1.87. The number of benzene rings is 1. The molecule has 0 radical (unpaired) electrons. The van der Waals surface area contributed by atoms with Crippen LogP contribution >= 0.6 is 0 Å². The van der Waals surface area contributed by atoms with Crippen molar-refractivity contribution in [2.75, 3.05) is 29.9 Å². The number of amides is 2. The lowest BCUT2D eigenvalue weighted by atomic mass is 10.2. The molecule has 0 bridgehead atoms. The number of para-hydroxylation sites is 2. The summed E-state index contributed by atoms with van der Waals surface area (Å²) in [7, 11) is -3.65. The minimum Gasteiger partial charge on any atom is -0.370 e. The van der Waals surface area contributed by atoms with Crippen LogP contribution < -0.4 is 20.7 Å². The molecule has 1 aromatic carbocycles. The van der Waals surface area contributed by atoms with Gasteiger partial charge in [0.1, 0.15) is 0 Å². The number of nitrogens with zero attached hydrogens (tertiary/aromatic N) is 1. The van der Waals surface area contributed by atoms with E-state index in [1.807, 2.05) is 24.3 Å². The fourth-order valence-corrected chi connectivity index (χ4v) is 3.00. The van der Waals surface area contributed by atoms with Crippen molar-refractivity contribution in [1.29, 1.82) is 0 Å². The molecule has 2 amide bonds. The van der Waals surface area contributed by atoms with E-state index in [-0.39, 0.29) is 6.54 Å². The summed E-state index contributed by atoms with van der Waals surface area (Å²) in [5.41, 5.74) is 1.72. The molecular formula is C16H26N4O3S. The second kappa shape index (κ2) is 8.34. The third-order valence-corrected chi connectivity index (χ3v) is 5.50. The maximum absolute atomic E-state index is 12.1. The Hall–Kier alpha value is -1.80. The van der Waals surface area contributed by atoms with Crippen molar-refractivity contribution >= 4 is 27.4 Å². The SMILES string of the molecule is CC(CNC(=O)Nc1ccccc1N1CCCCCC1)S(N)(=O)=O. The van der Waals surface area contributed by atoms with Gasteiger partial charge in [0.05, 0.1) is 16.6 Å². The predicted molar refractivity (Wildman–Crippen MR) is 96.7 cm³/mol. The molecule has 0 aromatic heterocycles. The van der Waals surface area contributed by atoms with Crippen molar-refractivity contribution < 1.29 is 13.2 Å². The van der Waals surface area contributed by atoms with Crippen LogP contribution in [-0.4, -0.2) is 39.3 Å². The molecule has 134 valence electrons. The zero-order valence-electron chi connectivity index (χ0n) is 14.0. The van der Waals surface area contributed by atoms with E-state index in [2.05, 4.69) is 15.5 Å². The molecule has 1 aliphatic heterocycles. The zero-order chi connectivity index (χ0) is 17.6. The van der Waals surface area contributed by atoms with E-state index in [1.54, 1.807) is 0 Å². The number of nitrogens with two attached hydrogens (primary N) is 1. The summed E-state index contributed by atoms with van der Waals surface area (Å²) in [6, 6.07) is 7.22. The Morgan fingerprint density at radius 3 is 2.46 bits per heavy atom. The van der Waals surface area contributed by atoms with Crippen molar-refractivity contribution in [2.45, 2.75) is 37.9 Å². The molecule has 1 heterocycles. The minimum atomic E-state index is -3.65. The monoisotopic (exact) mass is 354 g/mol. The smallest absolute Gasteiger partial charge is 0.319 e. The van der Waals surface area contributed by atoms with Gasteiger partial charge in [-0.3, -0.25) is 0 Å². The molecule has 24 heavy (non-hydrogen) atoms. The Balaban J connectivity index is 2.00. The quantitative estimate of drug-likeness (QED) is 0.750. The van der Waals surface area contributed by atoms with Crippen LogP contribution in [0.3, 0.4) is 0 Å². The van der Waals surface area contributed by atoms with Gasteiger partial charge in [-0.1, -0.05) is 25.0 Å². The minimum absolute atomic E-state index is 0.0312. The Labute approximate surface area is 143 Å². The number of urea groups is 1. The number of rotatable bonds is 5. The molecule has 7 nitrogen and oxygen atoms in total. The Morgan fingerprint density at radius 2 is 1.83 bits per heavy atom. The summed E-state index contributed by atoms with van der Waals surface area (Å²) in [5.74, 6) is 0. The molecule has 1 aliphatic rings. The van der Waals surface area contributed by atoms with E-state index in [9.17, 15) is 13.2 Å². The molecule has 2 rings (SSSR count). The van der Waals surface area contributed by atoms with Crippen LogP contribution in [0.4, 0.5) is 16.2 Å². The van der Waals surface area contributed by atoms with Crippen LogP contribution in [0.25, 0.3) is 0 Å². The van der Waals surface area contributed by atoms with E-state index in [0.29, 0.717) is 0 Å². The highest BCUT2D eigenvalue weighted by molar-refractivity contribution is 7.89. The lowest BCUT2D eigenvalue weighted by Crippen LogP contribution is -2.40. The van der Waals surface area contributed by atoms with Gasteiger partial charge in [0.2, 0.25) is 10.0 Å². The van der Waals surface area contributed by atoms with E-state index in [0.717, 1.165) is 37.3 Å². The normalized spacial score (nSPS) is 17.0. The van der Waals surface area contributed by atoms with E-state index < -0.39 is 21.3 Å². The highest BCUT2D eigenvalue weighted by atomic mass is 32.2. The molecule has 1 atom stereocenters. The van der Waals surface area contributed by atoms with Gasteiger partial charge >= 0.3 is 6.03 Å². The lowest BCUT2D eigenvalue weighted by Gasteiger charge is -2.25. The summed E-state index contributed by atoms with van der Waals surface area (Å²) in [6.07, 6.45) is 4.76. The maximum atomic E-state index is 12.1. The van der Waals surface area contributed by atoms with Crippen LogP contribution in [0.15, 0.2) is 24.3 Å². The number of nitrogens with one attached hydrogen (secondary N) is 2. The van der Waals surface area contributed by atoms with E-state index in [1.165, 1.54) is 19.8 Å². The molecule has 0 aliphatic carbocycles. The lowest BCUT2D eigenvalue weighted by molar-refractivity contribution is 0.252. The van der Waals surface area contributed by atoms with Crippen molar-refractivity contribution in [3.8, 4) is 0 Å². The topological polar surface area (TPSA) is 105 Å². The summed E-state index contributed by atoms with van der Waals surface area (Å²) in [5, 5.41) is 9.58. The molecule has 1 saturated heterocycles. The van der Waals surface area contributed by atoms with Crippen molar-refractivity contribution in [1.82, 2.24) is 5.32 Å². The number of primary sulfonamides is 1. The maximum Gasteiger partial charge on any atom is 0.319 e. The van der Waals surface area contributed by atoms with E-state index >= 15 is 0 Å². The molecule has 0 saturated carbocycles. The van der Waals surface area contributed by atoms with Crippen LogP contribution in [0.5, 0.6) is 0 Å². The number of sulfonamides is 1. The summed E-state index contributed by atoms with van der Waals surface area (Å²) in [4.78, 5) is 14.4. The highest BCUT2D eigenvalue weighted by Gasteiger charge is 2.18. The summed E-state index contributed by atoms with van der Waals surface area (Å²) >= 11 is 0. The van der Waals surface area contributed by atoms with Gasteiger partial charge in [0, 0.05) is 19.6 Å². The Kier molecular flexibility index (Phi) is 6.44. The van der Waals surface area contributed by atoms with Crippen LogP contribution in [0, 0.1) is 0 Å². The van der Waals surface area contributed by atoms with Gasteiger partial charge < -0.3 is 15.5 Å². The molecule has 0 spiro atoms. The van der Waals surface area contributed by atoms with Gasteiger partial charge in [-0.15, -0.1) is 0 Å². The average molecular weight is 354 g/mol. The Morgan fingerprint density at radius 1 is 1.21 bits per heavy atom. The molecule has 8 heteroatoms. The highest BCUT2D eigenvalue weighted by Crippen LogP contribution is 2.27. The number of carbonyl (C=O) groups is 1. The van der Waals surface area contributed by atoms with E-state index in [4.69, 9.17) is 5.14 Å². The number of carbonyl (C=O) groups excluding carboxylic acids is 1. The molecular weight excluding hydrogens is 328 g/mol. The second-order valence-electron chi connectivity index (χ2n) is 6.15. The van der Waals surface area contributed by atoms with Gasteiger partial charge in [0.25, 0.3) is 0 Å². The third-order valence-electron chi connectivity index (χ3n) is 4.21. The third kappa shape index (κ3) is 5.38. The first kappa shape index (κ1) is 18.5. The van der Waals surface area contributed by atoms with Crippen molar-refractivity contribution in [2.24, 2.45) is 5.14 Å². The molecule has 1 unspecified atom stereocenters. The first-order valence-electron chi connectivity index (χ1n) is 8.28. The zero-order valence-corrected chi connectivity index (χ0v) is 14.8. The molecule has 1 aromatic rings. The number of anilines is 2. The molecule has 4 N–H and O–H groups in total. The van der Waals surface area contributed by atoms with Gasteiger partial charge in [-0.05, 0) is 31.9 Å². The van der Waals surface area contributed by atoms with Crippen molar-refractivity contribution in [3.63, 3.8) is 0 Å². The van der Waals surface area contributed by atoms with Crippen LogP contribution in [0.2, 0.25) is 0 Å². The summed E-state index contributed by atoms with van der Waals surface area (Å²) in [6.45, 7) is 3.38. The van der Waals surface area contributed by atoms with Gasteiger partial charge in [-0.2, -0.15) is 0 Å². The van der Waals surface area contributed by atoms with Crippen LogP contribution in [0.1, 0.15) is 32.6 Å². The first-order chi connectivity index (χ1) is 11.4. The molecule has 1 fully saturated rings. The number of hydrogen-bond acceptors (Lipinski definition) is 4. The van der Waals surface area contributed by atoms with Gasteiger partial charge in [0.15, 0.2) is 0 Å². The fraction of sp³-hybridized carbons (Fsp3) is 0.562. The summed E-state index contributed by atoms with van der Waals surface area (Å²) < 4.78 is 22.4. The standard InChI is InChI=1S/C16H26N4O3S/c1-13(24(17,22)23)12-18-16(21)19-14-8-4-5-9-15(14)20-10-6-2-3-7-11-20/h4-5,8-9,13H,2-3,6-7,10-12H2,1H3,(H2,17,22,23)(H2,18,19,21).